The topological polar surface area (TPSA) is 72.2 Å². The third kappa shape index (κ3) is 3.59. The van der Waals surface area contributed by atoms with Crippen molar-refractivity contribution in [2.45, 2.75) is 6.92 Å². The van der Waals surface area contributed by atoms with Gasteiger partial charge in [0.1, 0.15) is 5.56 Å². The minimum atomic E-state index is -0.613. The monoisotopic (exact) mass is 368 g/mol. The molecule has 5 nitrogen and oxygen atoms in total. The summed E-state index contributed by atoms with van der Waals surface area (Å²) in [5.41, 5.74) is 1.13. The summed E-state index contributed by atoms with van der Waals surface area (Å²) in [6.07, 6.45) is 0. The Hall–Kier alpha value is -1.92. The molecule has 0 aliphatic rings. The fourth-order valence-electron chi connectivity index (χ4n) is 1.77. The van der Waals surface area contributed by atoms with Crippen LogP contribution in [0.15, 0.2) is 40.9 Å². The van der Waals surface area contributed by atoms with E-state index in [4.69, 9.17) is 11.6 Å². The molecule has 2 rings (SSSR count). The number of nitrogens with one attached hydrogen (secondary N) is 1. The van der Waals surface area contributed by atoms with E-state index in [-0.39, 0.29) is 16.3 Å². The van der Waals surface area contributed by atoms with E-state index in [1.807, 2.05) is 6.92 Å². The number of hydrogen-bond donors (Lipinski definition) is 1. The third-order valence-corrected chi connectivity index (χ3v) is 3.94. The number of carbonyl (C=O) groups is 1. The molecule has 0 bridgehead atoms. The summed E-state index contributed by atoms with van der Waals surface area (Å²) in [7, 11) is 0. The maximum atomic E-state index is 12.2. The number of amides is 1. The number of nitrogens with zero attached hydrogens (tertiary/aromatic N) is 1. The van der Waals surface area contributed by atoms with Crippen molar-refractivity contribution in [3.8, 4) is 0 Å². The third-order valence-electron chi connectivity index (χ3n) is 2.82. The molecule has 0 aliphatic carbocycles. The lowest BCUT2D eigenvalue weighted by atomic mass is 10.1. The molecule has 0 unspecified atom stereocenters. The summed E-state index contributed by atoms with van der Waals surface area (Å²) < 4.78 is 0.911. The molecule has 21 heavy (non-hydrogen) atoms. The molecule has 2 aromatic carbocycles. The first-order chi connectivity index (χ1) is 9.88. The van der Waals surface area contributed by atoms with Crippen LogP contribution in [0.25, 0.3) is 0 Å². The number of halogens is 2. The van der Waals surface area contributed by atoms with E-state index >= 15 is 0 Å². The Bertz CT molecular complexity index is 734. The Morgan fingerprint density at radius 1 is 1.29 bits per heavy atom. The number of hydrogen-bond acceptors (Lipinski definition) is 3. The predicted molar refractivity (Wildman–Crippen MR) is 84.9 cm³/mol. The Labute approximate surface area is 134 Å². The van der Waals surface area contributed by atoms with Gasteiger partial charge in [-0.2, -0.15) is 0 Å². The Morgan fingerprint density at radius 2 is 2.00 bits per heavy atom. The molecule has 0 heterocycles. The first-order valence-electron chi connectivity index (χ1n) is 5.90. The number of nitro groups is 1. The van der Waals surface area contributed by atoms with Crippen LogP contribution in [0.1, 0.15) is 15.9 Å². The highest BCUT2D eigenvalue weighted by molar-refractivity contribution is 9.10. The smallest absolute Gasteiger partial charge is 0.282 e. The van der Waals surface area contributed by atoms with Crippen molar-refractivity contribution in [2.75, 3.05) is 5.32 Å². The van der Waals surface area contributed by atoms with E-state index < -0.39 is 10.8 Å². The Morgan fingerprint density at radius 3 is 2.62 bits per heavy atom. The molecule has 2 aromatic rings. The minimum absolute atomic E-state index is 0.0759. The maximum Gasteiger partial charge on any atom is 0.282 e. The summed E-state index contributed by atoms with van der Waals surface area (Å²) >= 11 is 9.17. The van der Waals surface area contributed by atoms with E-state index in [1.54, 1.807) is 18.2 Å². The van der Waals surface area contributed by atoms with E-state index in [1.165, 1.54) is 18.2 Å². The fraction of sp³-hybridized carbons (Fsp3) is 0.0714. The van der Waals surface area contributed by atoms with Crippen LogP contribution in [0, 0.1) is 17.0 Å². The van der Waals surface area contributed by atoms with Gasteiger partial charge in [-0.05, 0) is 42.8 Å². The SMILES string of the molecule is Cc1cc(NC(=O)c2cc(Cl)ccc2[N+](=O)[O-])ccc1Br. The molecule has 108 valence electrons. The Kier molecular flexibility index (Phi) is 4.59. The van der Waals surface area contributed by atoms with Crippen molar-refractivity contribution in [1.29, 1.82) is 0 Å². The molecule has 0 aromatic heterocycles. The molecule has 1 N–H and O–H groups in total. The van der Waals surface area contributed by atoms with Gasteiger partial charge in [-0.15, -0.1) is 0 Å². The molecule has 0 aliphatic heterocycles. The molecule has 0 saturated carbocycles. The van der Waals surface area contributed by atoms with Crippen LogP contribution in [-0.2, 0) is 0 Å². The fourth-order valence-corrected chi connectivity index (χ4v) is 2.19. The summed E-state index contributed by atoms with van der Waals surface area (Å²) in [6.45, 7) is 1.88. The summed E-state index contributed by atoms with van der Waals surface area (Å²) in [5.74, 6) is -0.578. The molecular weight excluding hydrogens is 360 g/mol. The van der Waals surface area contributed by atoms with Gasteiger partial charge in [0.2, 0.25) is 0 Å². The summed E-state index contributed by atoms with van der Waals surface area (Å²) in [4.78, 5) is 22.6. The molecule has 7 heteroatoms. The summed E-state index contributed by atoms with van der Waals surface area (Å²) in [6, 6.07) is 9.12. The Balaban J connectivity index is 2.34. The van der Waals surface area contributed by atoms with Gasteiger partial charge in [-0.3, -0.25) is 14.9 Å². The van der Waals surface area contributed by atoms with Crippen molar-refractivity contribution in [2.24, 2.45) is 0 Å². The molecule has 1 amide bonds. The second-order valence-corrected chi connectivity index (χ2v) is 5.63. The minimum Gasteiger partial charge on any atom is -0.322 e. The lowest BCUT2D eigenvalue weighted by molar-refractivity contribution is -0.385. The van der Waals surface area contributed by atoms with Gasteiger partial charge in [0.15, 0.2) is 0 Å². The zero-order valence-corrected chi connectivity index (χ0v) is 13.2. The van der Waals surface area contributed by atoms with Gasteiger partial charge in [0.25, 0.3) is 11.6 Å². The average Bonchev–Trinajstić information content (AvgIpc) is 2.42. The van der Waals surface area contributed by atoms with Crippen LogP contribution in [0.2, 0.25) is 5.02 Å². The van der Waals surface area contributed by atoms with Crippen LogP contribution in [-0.4, -0.2) is 10.8 Å². The van der Waals surface area contributed by atoms with Crippen LogP contribution in [0.4, 0.5) is 11.4 Å². The van der Waals surface area contributed by atoms with Gasteiger partial charge in [-0.25, -0.2) is 0 Å². The van der Waals surface area contributed by atoms with Crippen molar-refractivity contribution < 1.29 is 9.72 Å². The maximum absolute atomic E-state index is 12.2. The standard InChI is InChI=1S/C14H10BrClN2O3/c1-8-6-10(3-4-12(8)15)17-14(19)11-7-9(16)2-5-13(11)18(20)21/h2-7H,1H3,(H,17,19). The number of aryl methyl sites for hydroxylation is 1. The molecule has 0 radical (unpaired) electrons. The van der Waals surface area contributed by atoms with Gasteiger partial charge >= 0.3 is 0 Å². The molecule has 0 fully saturated rings. The molecule has 0 atom stereocenters. The lowest BCUT2D eigenvalue weighted by Crippen LogP contribution is -2.14. The molecule has 0 saturated heterocycles. The highest BCUT2D eigenvalue weighted by Gasteiger charge is 2.20. The summed E-state index contributed by atoms with van der Waals surface area (Å²) in [5, 5.41) is 13.9. The number of anilines is 1. The predicted octanol–water partition coefficient (Wildman–Crippen LogP) is 4.57. The zero-order valence-electron chi connectivity index (χ0n) is 10.9. The number of benzene rings is 2. The number of nitro benzene ring substituents is 1. The van der Waals surface area contributed by atoms with Crippen molar-refractivity contribution in [3.05, 3.63) is 67.1 Å². The number of carbonyl (C=O) groups excluding carboxylic acids is 1. The van der Waals surface area contributed by atoms with Crippen LogP contribution >= 0.6 is 27.5 Å². The highest BCUT2D eigenvalue weighted by Crippen LogP contribution is 2.25. The van der Waals surface area contributed by atoms with Gasteiger partial charge in [0.05, 0.1) is 4.92 Å². The van der Waals surface area contributed by atoms with Gasteiger partial charge in [-0.1, -0.05) is 27.5 Å². The first-order valence-corrected chi connectivity index (χ1v) is 7.07. The quantitative estimate of drug-likeness (QED) is 0.636. The highest BCUT2D eigenvalue weighted by atomic mass is 79.9. The van der Waals surface area contributed by atoms with E-state index in [0.717, 1.165) is 10.0 Å². The van der Waals surface area contributed by atoms with E-state index in [0.29, 0.717) is 5.69 Å². The van der Waals surface area contributed by atoms with Crippen LogP contribution < -0.4 is 5.32 Å². The second-order valence-electron chi connectivity index (χ2n) is 4.34. The number of rotatable bonds is 3. The van der Waals surface area contributed by atoms with Crippen molar-refractivity contribution >= 4 is 44.8 Å². The first kappa shape index (κ1) is 15.5. The van der Waals surface area contributed by atoms with E-state index in [2.05, 4.69) is 21.2 Å². The second kappa shape index (κ2) is 6.24. The van der Waals surface area contributed by atoms with Crippen molar-refractivity contribution in [3.63, 3.8) is 0 Å². The normalized spacial score (nSPS) is 10.2. The van der Waals surface area contributed by atoms with Crippen LogP contribution in [0.3, 0.4) is 0 Å². The largest absolute Gasteiger partial charge is 0.322 e. The van der Waals surface area contributed by atoms with Gasteiger partial charge < -0.3 is 5.32 Å². The van der Waals surface area contributed by atoms with Crippen LogP contribution in [0.5, 0.6) is 0 Å². The van der Waals surface area contributed by atoms with E-state index in [9.17, 15) is 14.9 Å². The average molecular weight is 370 g/mol. The van der Waals surface area contributed by atoms with Crippen molar-refractivity contribution in [1.82, 2.24) is 0 Å². The molecular formula is C14H10BrClN2O3. The zero-order chi connectivity index (χ0) is 15.6. The van der Waals surface area contributed by atoms with Gasteiger partial charge in [0, 0.05) is 21.2 Å². The lowest BCUT2D eigenvalue weighted by Gasteiger charge is -2.08. The molecule has 0 spiro atoms.